The summed E-state index contributed by atoms with van der Waals surface area (Å²) in [6, 6.07) is 0.425. The lowest BCUT2D eigenvalue weighted by molar-refractivity contribution is -0.151. The van der Waals surface area contributed by atoms with Crippen LogP contribution in [-0.2, 0) is 14.3 Å². The SMILES string of the molecule is CCOC(=O)C(C)(CCOC)NC1CCCCCC1. The molecule has 0 spiro atoms. The number of rotatable bonds is 7. The molecule has 0 aromatic carbocycles. The summed E-state index contributed by atoms with van der Waals surface area (Å²) >= 11 is 0. The molecule has 19 heavy (non-hydrogen) atoms. The number of methoxy groups -OCH3 is 1. The highest BCUT2D eigenvalue weighted by Gasteiger charge is 2.36. The van der Waals surface area contributed by atoms with Crippen LogP contribution in [0.25, 0.3) is 0 Å². The van der Waals surface area contributed by atoms with E-state index in [0.29, 0.717) is 25.7 Å². The highest BCUT2D eigenvalue weighted by molar-refractivity contribution is 5.80. The normalized spacial score (nSPS) is 20.6. The van der Waals surface area contributed by atoms with E-state index in [2.05, 4.69) is 5.32 Å². The zero-order chi connectivity index (χ0) is 14.1. The molecule has 1 saturated carbocycles. The Hall–Kier alpha value is -0.610. The third-order valence-corrected chi connectivity index (χ3v) is 3.91. The molecule has 0 amide bonds. The number of carbonyl (C=O) groups is 1. The van der Waals surface area contributed by atoms with Gasteiger partial charge in [-0.05, 0) is 33.1 Å². The van der Waals surface area contributed by atoms with Crippen LogP contribution >= 0.6 is 0 Å². The van der Waals surface area contributed by atoms with Gasteiger partial charge in [-0.15, -0.1) is 0 Å². The lowest BCUT2D eigenvalue weighted by Crippen LogP contribution is -2.55. The first kappa shape index (κ1) is 16.4. The second kappa shape index (κ2) is 8.54. The molecular weight excluding hydrogens is 242 g/mol. The van der Waals surface area contributed by atoms with Gasteiger partial charge >= 0.3 is 5.97 Å². The van der Waals surface area contributed by atoms with Crippen molar-refractivity contribution in [3.05, 3.63) is 0 Å². The second-order valence-corrected chi connectivity index (χ2v) is 5.63. The summed E-state index contributed by atoms with van der Waals surface area (Å²) in [5.41, 5.74) is -0.624. The zero-order valence-corrected chi connectivity index (χ0v) is 12.7. The first-order valence-electron chi connectivity index (χ1n) is 7.56. The van der Waals surface area contributed by atoms with Gasteiger partial charge in [0.2, 0.25) is 0 Å². The second-order valence-electron chi connectivity index (χ2n) is 5.63. The van der Waals surface area contributed by atoms with Gasteiger partial charge in [0.1, 0.15) is 5.54 Å². The van der Waals surface area contributed by atoms with Gasteiger partial charge in [-0.25, -0.2) is 0 Å². The summed E-state index contributed by atoms with van der Waals surface area (Å²) in [5.74, 6) is -0.156. The first-order chi connectivity index (χ1) is 9.12. The Morgan fingerprint density at radius 1 is 1.26 bits per heavy atom. The third-order valence-electron chi connectivity index (χ3n) is 3.91. The molecule has 4 nitrogen and oxygen atoms in total. The number of esters is 1. The molecule has 1 aliphatic carbocycles. The summed E-state index contributed by atoms with van der Waals surface area (Å²) in [5, 5.41) is 3.54. The lowest BCUT2D eigenvalue weighted by atomic mass is 9.95. The summed E-state index contributed by atoms with van der Waals surface area (Å²) in [6.07, 6.45) is 8.09. The van der Waals surface area contributed by atoms with Gasteiger partial charge in [-0.3, -0.25) is 10.1 Å². The zero-order valence-electron chi connectivity index (χ0n) is 12.7. The Kier molecular flexibility index (Phi) is 7.39. The van der Waals surface area contributed by atoms with Crippen LogP contribution in [0.5, 0.6) is 0 Å². The smallest absolute Gasteiger partial charge is 0.326 e. The molecule has 1 unspecified atom stereocenters. The van der Waals surface area contributed by atoms with E-state index in [1.54, 1.807) is 7.11 Å². The number of nitrogens with one attached hydrogen (secondary N) is 1. The Morgan fingerprint density at radius 2 is 1.89 bits per heavy atom. The molecule has 112 valence electrons. The standard InChI is InChI=1S/C15H29NO3/c1-4-19-14(17)15(2,11-12-18-3)16-13-9-7-5-6-8-10-13/h13,16H,4-12H2,1-3H3. The van der Waals surface area contributed by atoms with Gasteiger partial charge in [0.15, 0.2) is 0 Å². The molecule has 1 atom stereocenters. The van der Waals surface area contributed by atoms with Crippen molar-refractivity contribution in [2.75, 3.05) is 20.3 Å². The first-order valence-corrected chi connectivity index (χ1v) is 7.56. The molecule has 1 aliphatic rings. The number of carbonyl (C=O) groups excluding carboxylic acids is 1. The quantitative estimate of drug-likeness (QED) is 0.571. The molecule has 1 fully saturated rings. The average molecular weight is 271 g/mol. The van der Waals surface area contributed by atoms with Gasteiger partial charge < -0.3 is 9.47 Å². The summed E-state index contributed by atoms with van der Waals surface area (Å²) in [7, 11) is 1.66. The number of hydrogen-bond donors (Lipinski definition) is 1. The predicted molar refractivity (Wildman–Crippen MR) is 76.2 cm³/mol. The average Bonchev–Trinajstić information content (AvgIpc) is 2.65. The van der Waals surface area contributed by atoms with Crippen molar-refractivity contribution < 1.29 is 14.3 Å². The fourth-order valence-electron chi connectivity index (χ4n) is 2.70. The molecule has 0 bridgehead atoms. The van der Waals surface area contributed by atoms with Crippen LogP contribution in [0.2, 0.25) is 0 Å². The van der Waals surface area contributed by atoms with E-state index in [1.807, 2.05) is 13.8 Å². The van der Waals surface area contributed by atoms with E-state index in [9.17, 15) is 4.79 Å². The Morgan fingerprint density at radius 3 is 2.42 bits per heavy atom. The highest BCUT2D eigenvalue weighted by atomic mass is 16.5. The van der Waals surface area contributed by atoms with Crippen molar-refractivity contribution in [1.29, 1.82) is 0 Å². The molecule has 0 heterocycles. The van der Waals surface area contributed by atoms with E-state index >= 15 is 0 Å². The number of ether oxygens (including phenoxy) is 2. The molecule has 0 aromatic rings. The van der Waals surface area contributed by atoms with Gasteiger partial charge in [-0.1, -0.05) is 25.7 Å². The maximum atomic E-state index is 12.2. The fourth-order valence-corrected chi connectivity index (χ4v) is 2.70. The monoisotopic (exact) mass is 271 g/mol. The molecule has 1 rings (SSSR count). The van der Waals surface area contributed by atoms with Crippen molar-refractivity contribution in [3.8, 4) is 0 Å². The number of hydrogen-bond acceptors (Lipinski definition) is 4. The molecule has 0 radical (unpaired) electrons. The minimum atomic E-state index is -0.624. The molecule has 1 N–H and O–H groups in total. The van der Waals surface area contributed by atoms with E-state index < -0.39 is 5.54 Å². The molecule has 0 aromatic heterocycles. The van der Waals surface area contributed by atoms with Crippen molar-refractivity contribution >= 4 is 5.97 Å². The molecule has 0 saturated heterocycles. The van der Waals surface area contributed by atoms with Crippen molar-refractivity contribution in [2.45, 2.75) is 70.4 Å². The topological polar surface area (TPSA) is 47.6 Å². The minimum Gasteiger partial charge on any atom is -0.465 e. The molecular formula is C15H29NO3. The van der Waals surface area contributed by atoms with Crippen LogP contribution in [0.15, 0.2) is 0 Å². The Labute approximate surface area is 117 Å². The van der Waals surface area contributed by atoms with E-state index in [1.165, 1.54) is 25.7 Å². The van der Waals surface area contributed by atoms with E-state index in [0.717, 1.165) is 12.8 Å². The highest BCUT2D eigenvalue weighted by Crippen LogP contribution is 2.22. The maximum Gasteiger partial charge on any atom is 0.326 e. The fraction of sp³-hybridized carbons (Fsp3) is 0.933. The molecule has 4 heteroatoms. The minimum absolute atomic E-state index is 0.156. The largest absolute Gasteiger partial charge is 0.465 e. The van der Waals surface area contributed by atoms with Crippen LogP contribution < -0.4 is 5.32 Å². The molecule has 0 aliphatic heterocycles. The van der Waals surface area contributed by atoms with E-state index in [-0.39, 0.29) is 5.97 Å². The van der Waals surface area contributed by atoms with E-state index in [4.69, 9.17) is 9.47 Å². The third kappa shape index (κ3) is 5.49. The maximum absolute atomic E-state index is 12.2. The van der Waals surface area contributed by atoms with Gasteiger partial charge in [0.05, 0.1) is 6.61 Å². The van der Waals surface area contributed by atoms with Gasteiger partial charge in [0, 0.05) is 19.8 Å². The van der Waals surface area contributed by atoms with Crippen LogP contribution in [0.4, 0.5) is 0 Å². The lowest BCUT2D eigenvalue weighted by Gasteiger charge is -2.32. The van der Waals surface area contributed by atoms with Crippen molar-refractivity contribution in [1.82, 2.24) is 5.32 Å². The summed E-state index contributed by atoms with van der Waals surface area (Å²) < 4.78 is 10.4. The summed E-state index contributed by atoms with van der Waals surface area (Å²) in [6.45, 7) is 4.78. The van der Waals surface area contributed by atoms with Crippen LogP contribution in [0.3, 0.4) is 0 Å². The van der Waals surface area contributed by atoms with Crippen LogP contribution in [0, 0.1) is 0 Å². The van der Waals surface area contributed by atoms with Crippen LogP contribution in [-0.4, -0.2) is 37.9 Å². The van der Waals surface area contributed by atoms with Crippen LogP contribution in [0.1, 0.15) is 58.8 Å². The van der Waals surface area contributed by atoms with Gasteiger partial charge in [-0.2, -0.15) is 0 Å². The Bertz CT molecular complexity index is 262. The van der Waals surface area contributed by atoms with Crippen molar-refractivity contribution in [3.63, 3.8) is 0 Å². The predicted octanol–water partition coefficient (Wildman–Crippen LogP) is 2.66. The summed E-state index contributed by atoms with van der Waals surface area (Å²) in [4.78, 5) is 12.2. The van der Waals surface area contributed by atoms with Gasteiger partial charge in [0.25, 0.3) is 0 Å². The van der Waals surface area contributed by atoms with Crippen molar-refractivity contribution in [2.24, 2.45) is 0 Å². The Balaban J connectivity index is 2.63.